The van der Waals surface area contributed by atoms with Crippen LogP contribution in [-0.4, -0.2) is 53.1 Å². The molecule has 38 heavy (non-hydrogen) atoms. The largest absolute Gasteiger partial charge is 0.387 e. The van der Waals surface area contributed by atoms with Crippen LogP contribution in [0.2, 0.25) is 0 Å². The van der Waals surface area contributed by atoms with E-state index in [4.69, 9.17) is 0 Å². The van der Waals surface area contributed by atoms with E-state index in [-0.39, 0.29) is 6.42 Å². The zero-order valence-corrected chi connectivity index (χ0v) is 25.0. The summed E-state index contributed by atoms with van der Waals surface area (Å²) in [4.78, 5) is 12.4. The van der Waals surface area contributed by atoms with E-state index in [1.807, 2.05) is 0 Å². The summed E-state index contributed by atoms with van der Waals surface area (Å²) in [7, 11) is -4.43. The van der Waals surface area contributed by atoms with Gasteiger partial charge in [-0.1, -0.05) is 122 Å². The zero-order chi connectivity index (χ0) is 28.5. The molecule has 0 rings (SSSR count). The van der Waals surface area contributed by atoms with E-state index in [0.717, 1.165) is 51.4 Å². The van der Waals surface area contributed by atoms with Gasteiger partial charge in [0.25, 0.3) is 10.1 Å². The molecular weight excluding hydrogens is 502 g/mol. The molecule has 0 saturated heterocycles. The van der Waals surface area contributed by atoms with Gasteiger partial charge in [0.2, 0.25) is 5.91 Å². The lowest BCUT2D eigenvalue weighted by Crippen LogP contribution is -2.50. The van der Waals surface area contributed by atoms with Gasteiger partial charge < -0.3 is 15.5 Å². The molecule has 0 aromatic heterocycles. The molecule has 3 unspecified atom stereocenters. The quantitative estimate of drug-likeness (QED) is 0.0535. The third-order valence-corrected chi connectivity index (χ3v) is 7.51. The Balaban J connectivity index is 4.30. The first-order valence-electron chi connectivity index (χ1n) is 15.1. The summed E-state index contributed by atoms with van der Waals surface area (Å²) in [5, 5.41) is 23.1. The molecule has 224 valence electrons. The number of allylic oxidation sites excluding steroid dienone is 3. The SMILES string of the molecule is CCCC/C=C\CCCCCCC(O)C(=O)NC(CS(=O)(=O)O)C(O)/C=C/CCCCCCCCCCC. The molecule has 0 saturated carbocycles. The van der Waals surface area contributed by atoms with E-state index < -0.39 is 40.0 Å². The van der Waals surface area contributed by atoms with Gasteiger partial charge in [-0.05, 0) is 38.5 Å². The Morgan fingerprint density at radius 3 is 1.74 bits per heavy atom. The molecular formula is C30H57NO6S. The Labute approximate surface area is 233 Å². The molecule has 3 atom stereocenters. The van der Waals surface area contributed by atoms with Gasteiger partial charge in [-0.2, -0.15) is 8.42 Å². The number of aliphatic hydroxyl groups is 2. The number of hydrogen-bond donors (Lipinski definition) is 4. The van der Waals surface area contributed by atoms with Crippen LogP contribution in [0, 0.1) is 0 Å². The Hall–Kier alpha value is -1.22. The average Bonchev–Trinajstić information content (AvgIpc) is 2.86. The van der Waals surface area contributed by atoms with Crippen LogP contribution in [0.25, 0.3) is 0 Å². The first-order valence-corrected chi connectivity index (χ1v) is 16.8. The van der Waals surface area contributed by atoms with Gasteiger partial charge >= 0.3 is 0 Å². The summed E-state index contributed by atoms with van der Waals surface area (Å²) in [6.07, 6.45) is 25.3. The standard InChI is InChI=1S/C30H57NO6S/c1-3-5-7-9-11-13-15-17-18-20-22-24-28(32)27(26-38(35,36)37)31-30(34)29(33)25-23-21-19-16-14-12-10-8-6-4-2/h10,12,22,24,27-29,32-33H,3-9,11,13-21,23,25-26H2,1-2H3,(H,31,34)(H,35,36,37)/b12-10-,24-22+. The van der Waals surface area contributed by atoms with E-state index in [9.17, 15) is 28.0 Å². The molecule has 0 aromatic rings. The number of carbonyl (C=O) groups excluding carboxylic acids is 1. The molecule has 0 spiro atoms. The van der Waals surface area contributed by atoms with Crippen molar-refractivity contribution >= 4 is 16.0 Å². The van der Waals surface area contributed by atoms with Crippen molar-refractivity contribution in [2.45, 2.75) is 154 Å². The van der Waals surface area contributed by atoms with Crippen LogP contribution in [0.5, 0.6) is 0 Å². The maximum Gasteiger partial charge on any atom is 0.267 e. The smallest absolute Gasteiger partial charge is 0.267 e. The summed E-state index contributed by atoms with van der Waals surface area (Å²) >= 11 is 0. The zero-order valence-electron chi connectivity index (χ0n) is 24.2. The van der Waals surface area contributed by atoms with Crippen molar-refractivity contribution in [2.75, 3.05) is 5.75 Å². The van der Waals surface area contributed by atoms with E-state index in [1.54, 1.807) is 6.08 Å². The number of unbranched alkanes of at least 4 members (excludes halogenated alkanes) is 15. The highest BCUT2D eigenvalue weighted by Crippen LogP contribution is 2.12. The highest BCUT2D eigenvalue weighted by atomic mass is 32.2. The molecule has 0 aliphatic carbocycles. The summed E-state index contributed by atoms with van der Waals surface area (Å²) in [5.41, 5.74) is 0. The number of hydrogen-bond acceptors (Lipinski definition) is 5. The Kier molecular flexibility index (Phi) is 24.0. The third-order valence-electron chi connectivity index (χ3n) is 6.73. The van der Waals surface area contributed by atoms with Crippen LogP contribution < -0.4 is 5.32 Å². The average molecular weight is 560 g/mol. The van der Waals surface area contributed by atoms with E-state index in [2.05, 4.69) is 31.3 Å². The maximum absolute atomic E-state index is 12.4. The Morgan fingerprint density at radius 2 is 1.18 bits per heavy atom. The van der Waals surface area contributed by atoms with Crippen LogP contribution in [0.4, 0.5) is 0 Å². The lowest BCUT2D eigenvalue weighted by molar-refractivity contribution is -0.130. The normalized spacial score (nSPS) is 14.8. The summed E-state index contributed by atoms with van der Waals surface area (Å²) < 4.78 is 32.1. The predicted molar refractivity (Wildman–Crippen MR) is 158 cm³/mol. The molecule has 8 heteroatoms. The number of rotatable bonds is 26. The van der Waals surface area contributed by atoms with Crippen LogP contribution in [0.1, 0.15) is 136 Å². The van der Waals surface area contributed by atoms with Gasteiger partial charge in [0, 0.05) is 0 Å². The lowest BCUT2D eigenvalue weighted by atomic mass is 10.1. The molecule has 1 amide bonds. The van der Waals surface area contributed by atoms with Crippen molar-refractivity contribution in [3.63, 3.8) is 0 Å². The monoisotopic (exact) mass is 559 g/mol. The van der Waals surface area contributed by atoms with Crippen molar-refractivity contribution in [3.05, 3.63) is 24.3 Å². The minimum atomic E-state index is -4.43. The van der Waals surface area contributed by atoms with Gasteiger partial charge in [-0.15, -0.1) is 0 Å². The summed E-state index contributed by atoms with van der Waals surface area (Å²) in [6, 6.07) is -1.23. The molecule has 0 radical (unpaired) electrons. The van der Waals surface area contributed by atoms with E-state index in [1.165, 1.54) is 63.9 Å². The molecule has 4 N–H and O–H groups in total. The van der Waals surface area contributed by atoms with Crippen LogP contribution in [-0.2, 0) is 14.9 Å². The first-order chi connectivity index (χ1) is 18.2. The van der Waals surface area contributed by atoms with Gasteiger partial charge in [0.15, 0.2) is 0 Å². The second-order valence-electron chi connectivity index (χ2n) is 10.5. The molecule has 0 aliphatic heterocycles. The minimum absolute atomic E-state index is 0.265. The summed E-state index contributed by atoms with van der Waals surface area (Å²) in [5.74, 6) is -1.55. The predicted octanol–water partition coefficient (Wildman–Crippen LogP) is 6.64. The fourth-order valence-electron chi connectivity index (χ4n) is 4.32. The fraction of sp³-hybridized carbons (Fsp3) is 0.833. The number of carbonyl (C=O) groups is 1. The Bertz CT molecular complexity index is 722. The van der Waals surface area contributed by atoms with Gasteiger partial charge in [0.1, 0.15) is 6.10 Å². The van der Waals surface area contributed by atoms with Gasteiger partial charge in [-0.3, -0.25) is 9.35 Å². The first kappa shape index (κ1) is 36.8. The summed E-state index contributed by atoms with van der Waals surface area (Å²) in [6.45, 7) is 4.39. The van der Waals surface area contributed by atoms with Crippen LogP contribution in [0.3, 0.4) is 0 Å². The van der Waals surface area contributed by atoms with Gasteiger partial charge in [0.05, 0.1) is 17.9 Å². The Morgan fingerprint density at radius 1 is 0.711 bits per heavy atom. The fourth-order valence-corrected chi connectivity index (χ4v) is 5.05. The lowest BCUT2D eigenvalue weighted by Gasteiger charge is -2.22. The highest BCUT2D eigenvalue weighted by Gasteiger charge is 2.27. The van der Waals surface area contributed by atoms with Crippen molar-refractivity contribution in [1.29, 1.82) is 0 Å². The van der Waals surface area contributed by atoms with Gasteiger partial charge in [-0.25, -0.2) is 0 Å². The molecule has 7 nitrogen and oxygen atoms in total. The number of aliphatic hydroxyl groups excluding tert-OH is 2. The van der Waals surface area contributed by atoms with Crippen molar-refractivity contribution in [2.24, 2.45) is 0 Å². The molecule has 0 heterocycles. The van der Waals surface area contributed by atoms with E-state index in [0.29, 0.717) is 6.42 Å². The molecule has 0 aromatic carbocycles. The molecule has 0 fully saturated rings. The minimum Gasteiger partial charge on any atom is -0.387 e. The van der Waals surface area contributed by atoms with Crippen molar-refractivity contribution in [3.8, 4) is 0 Å². The van der Waals surface area contributed by atoms with E-state index >= 15 is 0 Å². The molecule has 0 aliphatic rings. The maximum atomic E-state index is 12.4. The highest BCUT2D eigenvalue weighted by molar-refractivity contribution is 7.85. The molecule has 0 bridgehead atoms. The third kappa shape index (κ3) is 23.9. The van der Waals surface area contributed by atoms with Crippen molar-refractivity contribution in [1.82, 2.24) is 5.32 Å². The number of amides is 1. The second kappa shape index (κ2) is 24.8. The van der Waals surface area contributed by atoms with Crippen LogP contribution in [0.15, 0.2) is 24.3 Å². The van der Waals surface area contributed by atoms with Crippen LogP contribution >= 0.6 is 0 Å². The topological polar surface area (TPSA) is 124 Å². The number of nitrogens with one attached hydrogen (secondary N) is 1. The van der Waals surface area contributed by atoms with Crippen molar-refractivity contribution < 1.29 is 28.0 Å². The second-order valence-corrected chi connectivity index (χ2v) is 12.0.